The average molecular weight is 284 g/mol. The molecule has 21 heavy (non-hydrogen) atoms. The Morgan fingerprint density at radius 3 is 2.10 bits per heavy atom. The number of hydrogen-bond acceptors (Lipinski definition) is 3. The van der Waals surface area contributed by atoms with Crippen molar-refractivity contribution in [2.24, 2.45) is 0 Å². The molecule has 0 unspecified atom stereocenters. The molecular weight excluding hydrogens is 268 g/mol. The van der Waals surface area contributed by atoms with Crippen LogP contribution >= 0.6 is 0 Å². The van der Waals surface area contributed by atoms with Crippen LogP contribution in [0.1, 0.15) is 11.1 Å². The summed E-state index contributed by atoms with van der Waals surface area (Å²) in [5, 5.41) is 14.4. The molecule has 5 heteroatoms. The number of aryl methyl sites for hydroxylation is 2. The highest BCUT2D eigenvalue weighted by Gasteiger charge is 2.15. The third-order valence-corrected chi connectivity index (χ3v) is 2.84. The number of nitrogens with one attached hydrogen (secondary N) is 2. The van der Waals surface area contributed by atoms with Crippen molar-refractivity contribution in [2.45, 2.75) is 13.8 Å². The van der Waals surface area contributed by atoms with Crippen molar-refractivity contribution in [1.29, 1.82) is 0 Å². The minimum Gasteiger partial charge on any atom is -0.506 e. The molecular formula is C16H16N2O3. The van der Waals surface area contributed by atoms with E-state index in [-0.39, 0.29) is 11.4 Å². The normalized spacial score (nSPS) is 10.0. The first-order valence-electron chi connectivity index (χ1n) is 6.44. The van der Waals surface area contributed by atoms with Crippen molar-refractivity contribution in [1.82, 2.24) is 0 Å². The van der Waals surface area contributed by atoms with E-state index in [4.69, 9.17) is 0 Å². The van der Waals surface area contributed by atoms with E-state index in [0.717, 1.165) is 11.1 Å². The molecule has 0 saturated heterocycles. The van der Waals surface area contributed by atoms with E-state index >= 15 is 0 Å². The van der Waals surface area contributed by atoms with Gasteiger partial charge in [-0.05, 0) is 49.2 Å². The van der Waals surface area contributed by atoms with E-state index in [2.05, 4.69) is 10.6 Å². The Bertz CT molecular complexity index is 675. The summed E-state index contributed by atoms with van der Waals surface area (Å²) in [6, 6.07) is 11.7. The Labute approximate surface area is 122 Å². The topological polar surface area (TPSA) is 78.4 Å². The summed E-state index contributed by atoms with van der Waals surface area (Å²) in [6.45, 7) is 3.81. The zero-order valence-electron chi connectivity index (χ0n) is 11.8. The molecule has 2 rings (SSSR count). The lowest BCUT2D eigenvalue weighted by atomic mass is 10.1. The highest BCUT2D eigenvalue weighted by Crippen LogP contribution is 2.21. The highest BCUT2D eigenvalue weighted by molar-refractivity contribution is 6.43. The molecule has 0 aliphatic heterocycles. The summed E-state index contributed by atoms with van der Waals surface area (Å²) in [4.78, 5) is 23.7. The van der Waals surface area contributed by atoms with Gasteiger partial charge in [0.1, 0.15) is 5.75 Å². The number of phenolic OH excluding ortho intramolecular Hbond substituents is 1. The van der Waals surface area contributed by atoms with Crippen molar-refractivity contribution in [2.75, 3.05) is 10.6 Å². The summed E-state index contributed by atoms with van der Waals surface area (Å²) in [6.07, 6.45) is 0. The van der Waals surface area contributed by atoms with Crippen molar-refractivity contribution in [3.63, 3.8) is 0 Å². The molecule has 0 aliphatic rings. The Balaban J connectivity index is 2.06. The number of para-hydroxylation sites is 2. The van der Waals surface area contributed by atoms with Gasteiger partial charge in [0.25, 0.3) is 0 Å². The number of hydrogen-bond donors (Lipinski definition) is 3. The summed E-state index contributed by atoms with van der Waals surface area (Å²) in [5.74, 6) is -1.72. The maximum absolute atomic E-state index is 11.8. The first kappa shape index (κ1) is 14.6. The predicted molar refractivity (Wildman–Crippen MR) is 81.3 cm³/mol. The van der Waals surface area contributed by atoms with Gasteiger partial charge in [-0.15, -0.1) is 0 Å². The van der Waals surface area contributed by atoms with E-state index in [1.807, 2.05) is 19.9 Å². The lowest BCUT2D eigenvalue weighted by Gasteiger charge is -2.09. The zero-order chi connectivity index (χ0) is 15.4. The van der Waals surface area contributed by atoms with Crippen LogP contribution in [0.3, 0.4) is 0 Å². The second-order valence-corrected chi connectivity index (χ2v) is 4.80. The van der Waals surface area contributed by atoms with Gasteiger partial charge in [0.2, 0.25) is 0 Å². The van der Waals surface area contributed by atoms with Crippen LogP contribution in [0, 0.1) is 13.8 Å². The largest absolute Gasteiger partial charge is 0.506 e. The average Bonchev–Trinajstić information content (AvgIpc) is 2.40. The maximum Gasteiger partial charge on any atom is 0.314 e. The Hall–Kier alpha value is -2.82. The van der Waals surface area contributed by atoms with Crippen LogP contribution in [-0.2, 0) is 9.59 Å². The Morgan fingerprint density at radius 2 is 1.48 bits per heavy atom. The van der Waals surface area contributed by atoms with Crippen molar-refractivity contribution in [3.05, 3.63) is 53.6 Å². The van der Waals surface area contributed by atoms with Gasteiger partial charge in [-0.1, -0.05) is 18.2 Å². The minimum atomic E-state index is -0.837. The van der Waals surface area contributed by atoms with E-state index in [0.29, 0.717) is 5.69 Å². The van der Waals surface area contributed by atoms with E-state index < -0.39 is 11.8 Å². The van der Waals surface area contributed by atoms with Crippen LogP contribution in [0.25, 0.3) is 0 Å². The lowest BCUT2D eigenvalue weighted by Crippen LogP contribution is -2.29. The molecule has 2 aromatic carbocycles. The lowest BCUT2D eigenvalue weighted by molar-refractivity contribution is -0.133. The monoisotopic (exact) mass is 284 g/mol. The number of phenols is 1. The molecule has 5 nitrogen and oxygen atoms in total. The molecule has 0 saturated carbocycles. The van der Waals surface area contributed by atoms with Gasteiger partial charge in [0.15, 0.2) is 0 Å². The molecule has 0 heterocycles. The fourth-order valence-electron chi connectivity index (χ4n) is 1.99. The van der Waals surface area contributed by atoms with Gasteiger partial charge in [-0.25, -0.2) is 0 Å². The molecule has 2 amide bonds. The van der Waals surface area contributed by atoms with Gasteiger partial charge >= 0.3 is 11.8 Å². The number of rotatable bonds is 2. The second kappa shape index (κ2) is 6.09. The number of carbonyl (C=O) groups excluding carboxylic acids is 2. The third-order valence-electron chi connectivity index (χ3n) is 2.84. The summed E-state index contributed by atoms with van der Waals surface area (Å²) in [5.41, 5.74) is 2.74. The highest BCUT2D eigenvalue weighted by atomic mass is 16.3. The first-order valence-corrected chi connectivity index (χ1v) is 6.44. The SMILES string of the molecule is Cc1cc(C)cc(NC(=O)C(=O)Nc2ccccc2O)c1. The predicted octanol–water partition coefficient (Wildman–Crippen LogP) is 2.59. The molecule has 0 radical (unpaired) electrons. The first-order chi connectivity index (χ1) is 9.95. The standard InChI is InChI=1S/C16H16N2O3/c1-10-7-11(2)9-12(8-10)17-15(20)16(21)18-13-5-3-4-6-14(13)19/h3-9,19H,1-2H3,(H,17,20)(H,18,21). The molecule has 0 atom stereocenters. The van der Waals surface area contributed by atoms with Gasteiger partial charge in [0.05, 0.1) is 5.69 Å². The van der Waals surface area contributed by atoms with Gasteiger partial charge in [-0.2, -0.15) is 0 Å². The minimum absolute atomic E-state index is 0.0925. The number of aromatic hydroxyl groups is 1. The van der Waals surface area contributed by atoms with Crippen molar-refractivity contribution < 1.29 is 14.7 Å². The molecule has 2 aromatic rings. The van der Waals surface area contributed by atoms with Crippen molar-refractivity contribution >= 4 is 23.2 Å². The quantitative estimate of drug-likeness (QED) is 0.586. The Morgan fingerprint density at radius 1 is 0.905 bits per heavy atom. The van der Waals surface area contributed by atoms with Crippen LogP contribution in [-0.4, -0.2) is 16.9 Å². The van der Waals surface area contributed by atoms with E-state index in [1.165, 1.54) is 12.1 Å². The summed E-state index contributed by atoms with van der Waals surface area (Å²) in [7, 11) is 0. The third kappa shape index (κ3) is 3.82. The molecule has 3 N–H and O–H groups in total. The zero-order valence-corrected chi connectivity index (χ0v) is 11.8. The van der Waals surface area contributed by atoms with Gasteiger partial charge < -0.3 is 15.7 Å². The number of amides is 2. The van der Waals surface area contributed by atoms with Crippen LogP contribution in [0.4, 0.5) is 11.4 Å². The fraction of sp³-hybridized carbons (Fsp3) is 0.125. The van der Waals surface area contributed by atoms with Crippen LogP contribution < -0.4 is 10.6 Å². The summed E-state index contributed by atoms with van der Waals surface area (Å²) < 4.78 is 0. The van der Waals surface area contributed by atoms with Gasteiger partial charge in [0, 0.05) is 5.69 Å². The number of benzene rings is 2. The maximum atomic E-state index is 11.8. The van der Waals surface area contributed by atoms with E-state index in [9.17, 15) is 14.7 Å². The number of carbonyl (C=O) groups is 2. The fourth-order valence-corrected chi connectivity index (χ4v) is 1.99. The smallest absolute Gasteiger partial charge is 0.314 e. The summed E-state index contributed by atoms with van der Waals surface area (Å²) >= 11 is 0. The molecule has 0 aromatic heterocycles. The molecule has 0 bridgehead atoms. The molecule has 108 valence electrons. The molecule has 0 aliphatic carbocycles. The second-order valence-electron chi connectivity index (χ2n) is 4.80. The van der Waals surface area contributed by atoms with Crippen LogP contribution in [0.2, 0.25) is 0 Å². The van der Waals surface area contributed by atoms with E-state index in [1.54, 1.807) is 24.3 Å². The molecule has 0 fully saturated rings. The van der Waals surface area contributed by atoms with Crippen LogP contribution in [0.15, 0.2) is 42.5 Å². The van der Waals surface area contributed by atoms with Gasteiger partial charge in [-0.3, -0.25) is 9.59 Å². The van der Waals surface area contributed by atoms with Crippen LogP contribution in [0.5, 0.6) is 5.75 Å². The van der Waals surface area contributed by atoms with Crippen molar-refractivity contribution in [3.8, 4) is 5.75 Å². The Kier molecular flexibility index (Phi) is 4.23. The molecule has 0 spiro atoms. The number of anilines is 2.